The molecule has 0 aromatic heterocycles. The van der Waals surface area contributed by atoms with Crippen LogP contribution in [0.2, 0.25) is 5.02 Å². The number of carbonyl (C=O) groups is 1. The zero-order valence-electron chi connectivity index (χ0n) is 10.7. The van der Waals surface area contributed by atoms with E-state index >= 15 is 0 Å². The van der Waals surface area contributed by atoms with Crippen molar-refractivity contribution in [3.63, 3.8) is 0 Å². The maximum Gasteiger partial charge on any atom is 0.325 e. The normalized spacial score (nSPS) is 12.3. The average Bonchev–Trinajstić information content (AvgIpc) is 2.35. The molecule has 0 aliphatic rings. The molecule has 0 spiro atoms. The van der Waals surface area contributed by atoms with Crippen molar-refractivity contribution in [3.8, 4) is 0 Å². The Balaban J connectivity index is 2.50. The lowest BCUT2D eigenvalue weighted by Gasteiger charge is -2.14. The highest BCUT2D eigenvalue weighted by molar-refractivity contribution is 6.30. The fourth-order valence-electron chi connectivity index (χ4n) is 1.80. The van der Waals surface area contributed by atoms with Crippen molar-refractivity contribution in [1.82, 2.24) is 5.32 Å². The van der Waals surface area contributed by atoms with Crippen LogP contribution in [0, 0.1) is 0 Å². The van der Waals surface area contributed by atoms with E-state index in [4.69, 9.17) is 11.6 Å². The van der Waals surface area contributed by atoms with Crippen LogP contribution in [-0.4, -0.2) is 17.6 Å². The SMILES string of the molecule is CCCCCCNC(C(=O)O)c1ccc(Cl)cc1. The summed E-state index contributed by atoms with van der Waals surface area (Å²) in [5, 5.41) is 12.9. The van der Waals surface area contributed by atoms with Gasteiger partial charge in [0.2, 0.25) is 0 Å². The summed E-state index contributed by atoms with van der Waals surface area (Å²) in [6.07, 6.45) is 4.52. The molecule has 0 fully saturated rings. The number of unbranched alkanes of at least 4 members (excludes halogenated alkanes) is 3. The van der Waals surface area contributed by atoms with Crippen molar-refractivity contribution in [2.24, 2.45) is 0 Å². The van der Waals surface area contributed by atoms with Gasteiger partial charge in [0.05, 0.1) is 0 Å². The largest absolute Gasteiger partial charge is 0.480 e. The third-order valence-electron chi connectivity index (χ3n) is 2.83. The summed E-state index contributed by atoms with van der Waals surface area (Å²) in [6, 6.07) is 6.28. The van der Waals surface area contributed by atoms with Gasteiger partial charge in [-0.05, 0) is 30.7 Å². The summed E-state index contributed by atoms with van der Waals surface area (Å²) in [4.78, 5) is 11.2. The van der Waals surface area contributed by atoms with Crippen molar-refractivity contribution in [1.29, 1.82) is 0 Å². The molecule has 0 aliphatic heterocycles. The minimum absolute atomic E-state index is 0.617. The van der Waals surface area contributed by atoms with Gasteiger partial charge >= 0.3 is 5.97 Å². The summed E-state index contributed by atoms with van der Waals surface area (Å²) >= 11 is 5.79. The number of hydrogen-bond acceptors (Lipinski definition) is 2. The van der Waals surface area contributed by atoms with Gasteiger partial charge in [-0.1, -0.05) is 49.9 Å². The fraction of sp³-hybridized carbons (Fsp3) is 0.500. The van der Waals surface area contributed by atoms with Crippen LogP contribution in [0.4, 0.5) is 0 Å². The highest BCUT2D eigenvalue weighted by Gasteiger charge is 2.18. The van der Waals surface area contributed by atoms with E-state index in [1.807, 2.05) is 0 Å². The summed E-state index contributed by atoms with van der Waals surface area (Å²) in [6.45, 7) is 2.88. The first-order valence-electron chi connectivity index (χ1n) is 6.36. The fourth-order valence-corrected chi connectivity index (χ4v) is 1.93. The van der Waals surface area contributed by atoms with Gasteiger partial charge in [-0.2, -0.15) is 0 Å². The highest BCUT2D eigenvalue weighted by atomic mass is 35.5. The molecule has 0 heterocycles. The molecule has 100 valence electrons. The third-order valence-corrected chi connectivity index (χ3v) is 3.08. The Morgan fingerprint density at radius 2 is 1.94 bits per heavy atom. The molecule has 0 radical (unpaired) electrons. The Hall–Kier alpha value is -1.06. The van der Waals surface area contributed by atoms with Gasteiger partial charge in [-0.3, -0.25) is 4.79 Å². The molecule has 1 aromatic rings. The van der Waals surface area contributed by atoms with E-state index in [0.717, 1.165) is 24.9 Å². The Morgan fingerprint density at radius 3 is 2.50 bits per heavy atom. The van der Waals surface area contributed by atoms with Crippen LogP contribution in [-0.2, 0) is 4.79 Å². The third kappa shape index (κ3) is 5.07. The van der Waals surface area contributed by atoms with Crippen LogP contribution in [0.1, 0.15) is 44.2 Å². The molecule has 18 heavy (non-hydrogen) atoms. The minimum atomic E-state index is -0.854. The number of carboxylic acid groups (broad SMARTS) is 1. The molecule has 1 atom stereocenters. The second-order valence-corrected chi connectivity index (χ2v) is 4.77. The molecule has 0 aliphatic carbocycles. The van der Waals surface area contributed by atoms with Gasteiger partial charge in [-0.25, -0.2) is 0 Å². The van der Waals surface area contributed by atoms with E-state index in [9.17, 15) is 9.90 Å². The molecular weight excluding hydrogens is 250 g/mol. The van der Waals surface area contributed by atoms with Crippen LogP contribution < -0.4 is 5.32 Å². The van der Waals surface area contributed by atoms with Crippen LogP contribution in [0.15, 0.2) is 24.3 Å². The predicted molar refractivity (Wildman–Crippen MR) is 74.0 cm³/mol. The van der Waals surface area contributed by atoms with Crippen molar-refractivity contribution < 1.29 is 9.90 Å². The maximum absolute atomic E-state index is 11.2. The van der Waals surface area contributed by atoms with Gasteiger partial charge in [0, 0.05) is 5.02 Å². The number of benzene rings is 1. The van der Waals surface area contributed by atoms with E-state index in [1.165, 1.54) is 12.8 Å². The minimum Gasteiger partial charge on any atom is -0.480 e. The van der Waals surface area contributed by atoms with Crippen molar-refractivity contribution in [2.45, 2.75) is 38.6 Å². The summed E-state index contributed by atoms with van der Waals surface area (Å²) in [5.41, 5.74) is 0.738. The quantitative estimate of drug-likeness (QED) is 0.709. The standard InChI is InChI=1S/C14H20ClNO2/c1-2-3-4-5-10-16-13(14(17)18)11-6-8-12(15)9-7-11/h6-9,13,16H,2-5,10H2,1H3,(H,17,18). The highest BCUT2D eigenvalue weighted by Crippen LogP contribution is 2.17. The molecule has 1 aromatic carbocycles. The number of carboxylic acids is 1. The molecule has 1 rings (SSSR count). The van der Waals surface area contributed by atoms with Gasteiger partial charge < -0.3 is 10.4 Å². The number of hydrogen-bond donors (Lipinski definition) is 2. The molecule has 3 nitrogen and oxygen atoms in total. The maximum atomic E-state index is 11.2. The number of halogens is 1. The molecular formula is C14H20ClNO2. The van der Waals surface area contributed by atoms with Gasteiger partial charge in [0.1, 0.15) is 6.04 Å². The Bertz CT molecular complexity index is 365. The van der Waals surface area contributed by atoms with Gasteiger partial charge in [0.15, 0.2) is 0 Å². The van der Waals surface area contributed by atoms with Crippen LogP contribution in [0.3, 0.4) is 0 Å². The Morgan fingerprint density at radius 1 is 1.28 bits per heavy atom. The van der Waals surface area contributed by atoms with Crippen LogP contribution in [0.5, 0.6) is 0 Å². The summed E-state index contributed by atoms with van der Waals surface area (Å²) in [5.74, 6) is -0.854. The summed E-state index contributed by atoms with van der Waals surface area (Å²) in [7, 11) is 0. The molecule has 0 bridgehead atoms. The van der Waals surface area contributed by atoms with E-state index in [-0.39, 0.29) is 0 Å². The molecule has 0 saturated carbocycles. The first kappa shape index (κ1) is 15.0. The van der Waals surface area contributed by atoms with Crippen molar-refractivity contribution >= 4 is 17.6 Å². The lowest BCUT2D eigenvalue weighted by atomic mass is 10.1. The lowest BCUT2D eigenvalue weighted by Crippen LogP contribution is -2.29. The molecule has 0 amide bonds. The first-order chi connectivity index (χ1) is 8.65. The molecule has 2 N–H and O–H groups in total. The Kier molecular flexibility index (Phi) is 6.76. The number of rotatable bonds is 8. The van der Waals surface area contributed by atoms with E-state index in [0.29, 0.717) is 5.02 Å². The second kappa shape index (κ2) is 8.11. The molecule has 4 heteroatoms. The zero-order chi connectivity index (χ0) is 13.4. The van der Waals surface area contributed by atoms with E-state index < -0.39 is 12.0 Å². The van der Waals surface area contributed by atoms with Crippen LogP contribution >= 0.6 is 11.6 Å². The number of nitrogens with one attached hydrogen (secondary N) is 1. The first-order valence-corrected chi connectivity index (χ1v) is 6.74. The van der Waals surface area contributed by atoms with Crippen molar-refractivity contribution in [3.05, 3.63) is 34.9 Å². The van der Waals surface area contributed by atoms with Crippen molar-refractivity contribution in [2.75, 3.05) is 6.54 Å². The number of aliphatic carboxylic acids is 1. The second-order valence-electron chi connectivity index (χ2n) is 4.34. The monoisotopic (exact) mass is 269 g/mol. The van der Waals surface area contributed by atoms with E-state index in [1.54, 1.807) is 24.3 Å². The predicted octanol–water partition coefficient (Wildman–Crippen LogP) is 3.64. The Labute approximate surface area is 113 Å². The molecule has 1 unspecified atom stereocenters. The van der Waals surface area contributed by atoms with Gasteiger partial charge in [-0.15, -0.1) is 0 Å². The lowest BCUT2D eigenvalue weighted by molar-refractivity contribution is -0.139. The van der Waals surface area contributed by atoms with Gasteiger partial charge in [0.25, 0.3) is 0 Å². The summed E-state index contributed by atoms with van der Waals surface area (Å²) < 4.78 is 0. The van der Waals surface area contributed by atoms with E-state index in [2.05, 4.69) is 12.2 Å². The topological polar surface area (TPSA) is 49.3 Å². The average molecular weight is 270 g/mol. The molecule has 0 saturated heterocycles. The van der Waals surface area contributed by atoms with Crippen LogP contribution in [0.25, 0.3) is 0 Å². The zero-order valence-corrected chi connectivity index (χ0v) is 11.4. The smallest absolute Gasteiger partial charge is 0.325 e.